The normalized spacial score (nSPS) is 17.1. The minimum atomic E-state index is -0.316. The van der Waals surface area contributed by atoms with Gasteiger partial charge >= 0.3 is 0 Å². The van der Waals surface area contributed by atoms with E-state index in [1.165, 1.54) is 6.07 Å². The Labute approximate surface area is 106 Å². The summed E-state index contributed by atoms with van der Waals surface area (Å²) in [6.07, 6.45) is 1.58. The van der Waals surface area contributed by atoms with Crippen molar-refractivity contribution >= 4 is 5.91 Å². The van der Waals surface area contributed by atoms with E-state index >= 15 is 0 Å². The third kappa shape index (κ3) is 2.46. The van der Waals surface area contributed by atoms with Crippen molar-refractivity contribution < 1.29 is 9.53 Å². The molecular weight excluding hydrogens is 232 g/mol. The lowest BCUT2D eigenvalue weighted by Crippen LogP contribution is -2.49. The number of ether oxygens (including phenoxy) is 1. The third-order valence-corrected chi connectivity index (χ3v) is 3.31. The van der Waals surface area contributed by atoms with Crippen LogP contribution in [0.5, 0.6) is 0 Å². The summed E-state index contributed by atoms with van der Waals surface area (Å²) in [5.74, 6) is -0.316. The molecule has 0 radical (unpaired) electrons. The van der Waals surface area contributed by atoms with Gasteiger partial charge in [-0.3, -0.25) is 9.59 Å². The second kappa shape index (κ2) is 4.57. The number of carbonyl (C=O) groups excluding carboxylic acids is 1. The number of nitrogens with zero attached hydrogens (tertiary/aromatic N) is 1. The van der Waals surface area contributed by atoms with E-state index in [0.29, 0.717) is 19.8 Å². The molecule has 1 aliphatic heterocycles. The number of aryl methyl sites for hydroxylation is 2. The summed E-state index contributed by atoms with van der Waals surface area (Å²) in [7, 11) is 1.81. The first-order valence-corrected chi connectivity index (χ1v) is 5.94. The van der Waals surface area contributed by atoms with Gasteiger partial charge in [0.1, 0.15) is 5.56 Å². The molecule has 1 N–H and O–H groups in total. The monoisotopic (exact) mass is 250 g/mol. The summed E-state index contributed by atoms with van der Waals surface area (Å²) in [6, 6.07) is 1.48. The zero-order valence-corrected chi connectivity index (χ0v) is 10.9. The first kappa shape index (κ1) is 12.8. The van der Waals surface area contributed by atoms with Gasteiger partial charge in [-0.1, -0.05) is 6.92 Å². The number of hydrogen-bond acceptors (Lipinski definition) is 3. The molecule has 0 spiro atoms. The lowest BCUT2D eigenvalue weighted by Gasteiger charge is -2.37. The summed E-state index contributed by atoms with van der Waals surface area (Å²) < 4.78 is 6.89. The Bertz CT molecular complexity index is 530. The number of carbonyl (C=O) groups is 1. The number of nitrogens with one attached hydrogen (secondary N) is 1. The molecule has 0 aliphatic carbocycles. The molecule has 5 heteroatoms. The van der Waals surface area contributed by atoms with Crippen LogP contribution in [-0.4, -0.2) is 30.2 Å². The summed E-state index contributed by atoms with van der Waals surface area (Å²) in [5, 5.41) is 2.80. The Morgan fingerprint density at radius 2 is 2.22 bits per heavy atom. The molecular formula is C13H18N2O3. The van der Waals surface area contributed by atoms with Gasteiger partial charge in [-0.2, -0.15) is 0 Å². The van der Waals surface area contributed by atoms with Gasteiger partial charge in [-0.25, -0.2) is 0 Å². The molecule has 1 amide bonds. The van der Waals surface area contributed by atoms with Crippen molar-refractivity contribution in [2.24, 2.45) is 12.5 Å². The highest BCUT2D eigenvalue weighted by atomic mass is 16.5. The molecule has 5 nitrogen and oxygen atoms in total. The van der Waals surface area contributed by atoms with Crippen LogP contribution in [0.25, 0.3) is 0 Å². The molecule has 1 aliphatic rings. The quantitative estimate of drug-likeness (QED) is 0.847. The van der Waals surface area contributed by atoms with Gasteiger partial charge in [0.05, 0.1) is 13.2 Å². The molecule has 18 heavy (non-hydrogen) atoms. The van der Waals surface area contributed by atoms with Crippen molar-refractivity contribution in [1.82, 2.24) is 9.88 Å². The highest BCUT2D eigenvalue weighted by molar-refractivity contribution is 5.93. The van der Waals surface area contributed by atoms with Crippen LogP contribution >= 0.6 is 0 Å². The van der Waals surface area contributed by atoms with Gasteiger partial charge in [0.2, 0.25) is 0 Å². The van der Waals surface area contributed by atoms with Crippen LogP contribution in [0.4, 0.5) is 0 Å². The van der Waals surface area contributed by atoms with Crippen LogP contribution < -0.4 is 10.7 Å². The second-order valence-electron chi connectivity index (χ2n) is 5.29. The summed E-state index contributed by atoms with van der Waals surface area (Å²) in [4.78, 5) is 23.7. The van der Waals surface area contributed by atoms with Crippen molar-refractivity contribution in [3.8, 4) is 0 Å². The van der Waals surface area contributed by atoms with E-state index < -0.39 is 0 Å². The van der Waals surface area contributed by atoms with E-state index in [2.05, 4.69) is 5.32 Å². The maximum Gasteiger partial charge on any atom is 0.256 e. The van der Waals surface area contributed by atoms with Crippen molar-refractivity contribution in [3.63, 3.8) is 0 Å². The van der Waals surface area contributed by atoms with Crippen molar-refractivity contribution in [3.05, 3.63) is 33.7 Å². The number of rotatable bonds is 3. The number of aromatic nitrogens is 1. The third-order valence-electron chi connectivity index (χ3n) is 3.31. The van der Waals surface area contributed by atoms with Gasteiger partial charge in [0, 0.05) is 37.0 Å². The molecule has 1 aromatic rings. The maximum atomic E-state index is 12.0. The molecule has 1 aromatic heterocycles. The smallest absolute Gasteiger partial charge is 0.256 e. The molecule has 98 valence electrons. The fourth-order valence-electron chi connectivity index (χ4n) is 1.84. The number of pyridine rings is 1. The minimum Gasteiger partial charge on any atom is -0.380 e. The van der Waals surface area contributed by atoms with E-state index in [0.717, 1.165) is 5.69 Å². The van der Waals surface area contributed by atoms with Crippen molar-refractivity contribution in [2.45, 2.75) is 13.8 Å². The minimum absolute atomic E-state index is 0.00555. The summed E-state index contributed by atoms with van der Waals surface area (Å²) in [6.45, 7) is 5.71. The van der Waals surface area contributed by atoms with E-state index in [1.807, 2.05) is 20.9 Å². The first-order chi connectivity index (χ1) is 8.41. The molecule has 1 fully saturated rings. The first-order valence-electron chi connectivity index (χ1n) is 5.94. The van der Waals surface area contributed by atoms with Crippen LogP contribution in [0.15, 0.2) is 17.1 Å². The van der Waals surface area contributed by atoms with Crippen molar-refractivity contribution in [2.75, 3.05) is 19.8 Å². The van der Waals surface area contributed by atoms with E-state index in [9.17, 15) is 9.59 Å². The molecule has 2 rings (SSSR count). The fraction of sp³-hybridized carbons (Fsp3) is 0.538. The van der Waals surface area contributed by atoms with Gasteiger partial charge in [-0.05, 0) is 6.92 Å². The van der Waals surface area contributed by atoms with E-state index in [4.69, 9.17) is 4.74 Å². The Hall–Kier alpha value is -1.62. The molecule has 0 aromatic carbocycles. The van der Waals surface area contributed by atoms with Gasteiger partial charge in [0.15, 0.2) is 5.43 Å². The second-order valence-corrected chi connectivity index (χ2v) is 5.29. The average molecular weight is 250 g/mol. The fourth-order valence-corrected chi connectivity index (χ4v) is 1.84. The van der Waals surface area contributed by atoms with Crippen LogP contribution in [0.2, 0.25) is 0 Å². The predicted molar refractivity (Wildman–Crippen MR) is 67.7 cm³/mol. The lowest BCUT2D eigenvalue weighted by molar-refractivity contribution is -0.0978. The van der Waals surface area contributed by atoms with Gasteiger partial charge in [0.25, 0.3) is 5.91 Å². The SMILES string of the molecule is Cc1cc(=O)c(C(=O)NCC2(C)COC2)cn1C. The predicted octanol–water partition coefficient (Wildman–Crippen LogP) is 0.460. The highest BCUT2D eigenvalue weighted by Crippen LogP contribution is 2.25. The Balaban J connectivity index is 2.09. The Kier molecular flexibility index (Phi) is 3.26. The van der Waals surface area contributed by atoms with E-state index in [-0.39, 0.29) is 22.3 Å². The maximum absolute atomic E-state index is 12.0. The Morgan fingerprint density at radius 3 is 2.78 bits per heavy atom. The zero-order valence-electron chi connectivity index (χ0n) is 10.9. The molecule has 1 saturated heterocycles. The lowest BCUT2D eigenvalue weighted by atomic mass is 9.89. The van der Waals surface area contributed by atoms with E-state index in [1.54, 1.807) is 10.8 Å². The number of amides is 1. The van der Waals surface area contributed by atoms with Crippen LogP contribution in [0, 0.1) is 12.3 Å². The Morgan fingerprint density at radius 1 is 1.56 bits per heavy atom. The van der Waals surface area contributed by atoms with Crippen LogP contribution in [0.3, 0.4) is 0 Å². The summed E-state index contributed by atoms with van der Waals surface area (Å²) in [5.41, 5.74) is 0.784. The number of hydrogen-bond donors (Lipinski definition) is 1. The molecule has 2 heterocycles. The standard InChI is InChI=1S/C13H18N2O3/c1-9-4-11(16)10(5-15(9)3)12(17)14-6-13(2)7-18-8-13/h4-5H,6-8H2,1-3H3,(H,14,17). The topological polar surface area (TPSA) is 60.3 Å². The van der Waals surface area contributed by atoms with Gasteiger partial charge < -0.3 is 14.6 Å². The zero-order chi connectivity index (χ0) is 13.3. The van der Waals surface area contributed by atoms with Crippen molar-refractivity contribution in [1.29, 1.82) is 0 Å². The molecule has 0 bridgehead atoms. The summed E-state index contributed by atoms with van der Waals surface area (Å²) >= 11 is 0. The molecule has 0 saturated carbocycles. The van der Waals surface area contributed by atoms with Crippen LogP contribution in [-0.2, 0) is 11.8 Å². The van der Waals surface area contributed by atoms with Crippen LogP contribution in [0.1, 0.15) is 23.0 Å². The highest BCUT2D eigenvalue weighted by Gasteiger charge is 2.33. The molecule has 0 unspecified atom stereocenters. The average Bonchev–Trinajstić information content (AvgIpc) is 2.28. The molecule has 0 atom stereocenters. The van der Waals surface area contributed by atoms with Gasteiger partial charge in [-0.15, -0.1) is 0 Å². The largest absolute Gasteiger partial charge is 0.380 e.